The predicted octanol–water partition coefficient (Wildman–Crippen LogP) is 3.87. The summed E-state index contributed by atoms with van der Waals surface area (Å²) in [4.78, 5) is 11.6. The van der Waals surface area contributed by atoms with E-state index in [1.165, 1.54) is 0 Å². The monoisotopic (exact) mass is 291 g/mol. The Kier molecular flexibility index (Phi) is 2.98. The quantitative estimate of drug-likeness (QED) is 0.854. The van der Waals surface area contributed by atoms with Crippen molar-refractivity contribution >= 4 is 34.9 Å². The van der Waals surface area contributed by atoms with Gasteiger partial charge in [-0.15, -0.1) is 0 Å². The second kappa shape index (κ2) is 4.65. The van der Waals surface area contributed by atoms with Crippen molar-refractivity contribution in [1.82, 2.24) is 0 Å². The number of fused-ring (bicyclic) bond motifs is 1. The Morgan fingerprint density at radius 2 is 2.11 bits per heavy atom. The number of carbonyl (C=O) groups is 1. The van der Waals surface area contributed by atoms with Gasteiger partial charge in [0, 0.05) is 5.56 Å². The summed E-state index contributed by atoms with van der Waals surface area (Å²) in [5.74, 6) is -0.428. The molecule has 0 spiro atoms. The minimum atomic E-state index is -0.593. The first kappa shape index (κ1) is 12.2. The molecular formula is C14H7Cl2NO2. The van der Waals surface area contributed by atoms with E-state index in [1.807, 2.05) is 0 Å². The molecule has 0 radical (unpaired) electrons. The SMILES string of the molecule is O=C1O[C@H](Nc2cccc(Cl)c2Cl)c2ccc#cc21. The van der Waals surface area contributed by atoms with Crippen LogP contribution in [-0.4, -0.2) is 5.97 Å². The van der Waals surface area contributed by atoms with Gasteiger partial charge in [0.05, 0.1) is 15.7 Å². The maximum atomic E-state index is 11.6. The van der Waals surface area contributed by atoms with Gasteiger partial charge in [-0.2, -0.15) is 0 Å². The minimum Gasteiger partial charge on any atom is -0.433 e. The van der Waals surface area contributed by atoms with Crippen LogP contribution in [0, 0.1) is 12.1 Å². The zero-order valence-corrected chi connectivity index (χ0v) is 11.0. The number of ether oxygens (including phenoxy) is 1. The van der Waals surface area contributed by atoms with Crippen LogP contribution >= 0.6 is 23.2 Å². The molecule has 0 bridgehead atoms. The smallest absolute Gasteiger partial charge is 0.349 e. The molecule has 0 unspecified atom stereocenters. The van der Waals surface area contributed by atoms with Crippen LogP contribution in [0.5, 0.6) is 0 Å². The number of nitrogens with one attached hydrogen (secondary N) is 1. The highest BCUT2D eigenvalue weighted by atomic mass is 35.5. The predicted molar refractivity (Wildman–Crippen MR) is 72.4 cm³/mol. The number of hydrogen-bond donors (Lipinski definition) is 1. The Morgan fingerprint density at radius 3 is 2.95 bits per heavy atom. The summed E-state index contributed by atoms with van der Waals surface area (Å²) in [7, 11) is 0. The van der Waals surface area contributed by atoms with Crippen molar-refractivity contribution in [2.75, 3.05) is 5.32 Å². The fourth-order valence-corrected chi connectivity index (χ4v) is 2.24. The van der Waals surface area contributed by atoms with Crippen molar-refractivity contribution < 1.29 is 9.53 Å². The van der Waals surface area contributed by atoms with Crippen LogP contribution in [0.2, 0.25) is 10.0 Å². The van der Waals surface area contributed by atoms with Gasteiger partial charge in [-0.3, -0.25) is 0 Å². The van der Waals surface area contributed by atoms with Crippen LogP contribution in [0.25, 0.3) is 0 Å². The summed E-state index contributed by atoms with van der Waals surface area (Å²) < 4.78 is 5.23. The van der Waals surface area contributed by atoms with Crippen molar-refractivity contribution in [3.8, 4) is 0 Å². The normalized spacial score (nSPS) is 16.5. The second-order valence-electron chi connectivity index (χ2n) is 3.96. The summed E-state index contributed by atoms with van der Waals surface area (Å²) in [5, 5.41) is 3.87. The highest BCUT2D eigenvalue weighted by Crippen LogP contribution is 2.35. The van der Waals surface area contributed by atoms with E-state index in [0.717, 1.165) is 0 Å². The highest BCUT2D eigenvalue weighted by molar-refractivity contribution is 6.43. The van der Waals surface area contributed by atoms with Gasteiger partial charge in [-0.05, 0) is 24.3 Å². The third-order valence-corrected chi connectivity index (χ3v) is 3.60. The molecule has 0 saturated heterocycles. The van der Waals surface area contributed by atoms with Crippen LogP contribution < -0.4 is 5.32 Å². The Balaban J connectivity index is 1.94. The zero-order chi connectivity index (χ0) is 13.4. The lowest BCUT2D eigenvalue weighted by Gasteiger charge is -2.15. The molecule has 1 N–H and O–H groups in total. The lowest BCUT2D eigenvalue weighted by atomic mass is 10.1. The van der Waals surface area contributed by atoms with Gasteiger partial charge in [-0.25, -0.2) is 4.79 Å². The van der Waals surface area contributed by atoms with Crippen molar-refractivity contribution in [3.05, 3.63) is 63.6 Å². The number of rotatable bonds is 2. The van der Waals surface area contributed by atoms with Gasteiger partial charge in [0.1, 0.15) is 5.56 Å². The molecule has 0 saturated carbocycles. The Bertz CT molecular complexity index is 658. The number of hydrogen-bond acceptors (Lipinski definition) is 3. The van der Waals surface area contributed by atoms with Crippen molar-refractivity contribution in [2.45, 2.75) is 6.23 Å². The summed E-state index contributed by atoms with van der Waals surface area (Å²) in [6, 6.07) is 14.1. The molecule has 0 fully saturated rings. The van der Waals surface area contributed by atoms with Crippen LogP contribution in [0.15, 0.2) is 30.3 Å². The standard InChI is InChI=1S/C14H7Cl2NO2/c15-10-6-3-7-11(12(10)16)17-13-8-4-1-2-5-9(8)14(18)19-13/h1,3-4,6-7,13,17H/t13-/m0/s1. The van der Waals surface area contributed by atoms with Crippen molar-refractivity contribution in [3.63, 3.8) is 0 Å². The largest absolute Gasteiger partial charge is 0.433 e. The Hall–Kier alpha value is -1.89. The van der Waals surface area contributed by atoms with E-state index < -0.39 is 12.2 Å². The van der Waals surface area contributed by atoms with E-state index in [0.29, 0.717) is 26.9 Å². The average molecular weight is 292 g/mol. The molecule has 19 heavy (non-hydrogen) atoms. The molecule has 94 valence electrons. The number of cyclic esters (lactones) is 1. The molecule has 0 aliphatic carbocycles. The number of esters is 1. The second-order valence-corrected chi connectivity index (χ2v) is 4.75. The van der Waals surface area contributed by atoms with Crippen LogP contribution in [0.3, 0.4) is 0 Å². The molecule has 1 heterocycles. The molecular weight excluding hydrogens is 285 g/mol. The van der Waals surface area contributed by atoms with E-state index in [9.17, 15) is 4.79 Å². The Labute approximate surface area is 120 Å². The van der Waals surface area contributed by atoms with E-state index in [1.54, 1.807) is 30.3 Å². The summed E-state index contributed by atoms with van der Waals surface area (Å²) >= 11 is 12.0. The molecule has 5 heteroatoms. The number of anilines is 1. The van der Waals surface area contributed by atoms with E-state index in [4.69, 9.17) is 27.9 Å². The maximum absolute atomic E-state index is 11.6. The van der Waals surface area contributed by atoms with Gasteiger partial charge < -0.3 is 10.1 Å². The molecule has 2 aromatic carbocycles. The number of halogens is 2. The fourth-order valence-electron chi connectivity index (χ4n) is 1.88. The van der Waals surface area contributed by atoms with Gasteiger partial charge >= 0.3 is 5.97 Å². The lowest BCUT2D eigenvalue weighted by molar-refractivity contribution is 0.0437. The fraction of sp³-hybridized carbons (Fsp3) is 0.0714. The summed E-state index contributed by atoms with van der Waals surface area (Å²) in [6.45, 7) is 0. The van der Waals surface area contributed by atoms with Crippen molar-refractivity contribution in [1.29, 1.82) is 0 Å². The first-order valence-electron chi connectivity index (χ1n) is 5.50. The molecule has 1 aliphatic heterocycles. The van der Waals surface area contributed by atoms with E-state index in [-0.39, 0.29) is 0 Å². The first-order valence-corrected chi connectivity index (χ1v) is 6.26. The third-order valence-electron chi connectivity index (χ3n) is 2.78. The van der Waals surface area contributed by atoms with E-state index >= 15 is 0 Å². The van der Waals surface area contributed by atoms with Gasteiger partial charge in [-0.1, -0.05) is 41.4 Å². The number of benzene rings is 1. The topological polar surface area (TPSA) is 38.3 Å². The molecule has 3 nitrogen and oxygen atoms in total. The molecule has 3 rings (SSSR count). The van der Waals surface area contributed by atoms with Gasteiger partial charge in [0.25, 0.3) is 0 Å². The van der Waals surface area contributed by atoms with Gasteiger partial charge in [0.15, 0.2) is 0 Å². The van der Waals surface area contributed by atoms with Crippen LogP contribution in [0.4, 0.5) is 5.69 Å². The Morgan fingerprint density at radius 1 is 1.26 bits per heavy atom. The molecule has 1 atom stereocenters. The zero-order valence-electron chi connectivity index (χ0n) is 9.54. The van der Waals surface area contributed by atoms with Crippen LogP contribution in [0.1, 0.15) is 22.1 Å². The van der Waals surface area contributed by atoms with Crippen molar-refractivity contribution in [2.24, 2.45) is 0 Å². The van der Waals surface area contributed by atoms with Crippen LogP contribution in [-0.2, 0) is 4.74 Å². The maximum Gasteiger partial charge on any atom is 0.349 e. The minimum absolute atomic E-state index is 0.387. The summed E-state index contributed by atoms with van der Waals surface area (Å²) in [6.07, 6.45) is -0.593. The molecule has 0 amide bonds. The highest BCUT2D eigenvalue weighted by Gasteiger charge is 2.31. The molecule has 1 aliphatic rings. The summed E-state index contributed by atoms with van der Waals surface area (Å²) in [5.41, 5.74) is 1.70. The van der Waals surface area contributed by atoms with Gasteiger partial charge in [0.2, 0.25) is 6.23 Å². The third kappa shape index (κ3) is 2.10. The average Bonchev–Trinajstić information content (AvgIpc) is 2.73. The molecule has 0 aromatic heterocycles. The first-order chi connectivity index (χ1) is 9.16. The van der Waals surface area contributed by atoms with E-state index in [2.05, 4.69) is 17.4 Å². The molecule has 2 aromatic rings. The lowest BCUT2D eigenvalue weighted by Crippen LogP contribution is -2.10. The number of carbonyl (C=O) groups excluding carboxylic acids is 1.